The van der Waals surface area contributed by atoms with Crippen LogP contribution in [0.25, 0.3) is 22.9 Å². The average molecular weight is 423 g/mol. The molecule has 3 aromatic rings. The Kier molecular flexibility index (Phi) is 8.64. The summed E-state index contributed by atoms with van der Waals surface area (Å²) in [7, 11) is 1.40. The molecule has 0 spiro atoms. The molecule has 2 aromatic carbocycles. The van der Waals surface area contributed by atoms with Gasteiger partial charge in [-0.25, -0.2) is 0 Å². The summed E-state index contributed by atoms with van der Waals surface area (Å²) in [6, 6.07) is 15.5. The quantitative estimate of drug-likeness (QED) is 0.269. The van der Waals surface area contributed by atoms with Crippen molar-refractivity contribution < 1.29 is 18.7 Å². The van der Waals surface area contributed by atoms with Gasteiger partial charge in [-0.2, -0.15) is 0 Å². The van der Waals surface area contributed by atoms with Gasteiger partial charge in [0.2, 0.25) is 11.8 Å². The molecule has 0 saturated carbocycles. The van der Waals surface area contributed by atoms with E-state index in [2.05, 4.69) is 21.9 Å². The molecule has 3 rings (SSSR count). The molecule has 31 heavy (non-hydrogen) atoms. The van der Waals surface area contributed by atoms with Crippen molar-refractivity contribution >= 4 is 5.97 Å². The Labute approximate surface area is 183 Å². The number of ether oxygens (including phenoxy) is 2. The van der Waals surface area contributed by atoms with E-state index >= 15 is 0 Å². The topological polar surface area (TPSA) is 74.5 Å². The van der Waals surface area contributed by atoms with Gasteiger partial charge in [-0.3, -0.25) is 4.79 Å². The molecule has 0 bridgehead atoms. The zero-order valence-corrected chi connectivity index (χ0v) is 18.3. The molecule has 6 heteroatoms. The normalized spacial score (nSPS) is 10.8. The first-order valence-electron chi connectivity index (χ1n) is 10.9. The molecular weight excluding hydrogens is 392 g/mol. The molecule has 1 heterocycles. The number of esters is 1. The molecule has 0 saturated heterocycles. The number of hydrogen-bond donors (Lipinski definition) is 0. The summed E-state index contributed by atoms with van der Waals surface area (Å²) in [4.78, 5) is 11.3. The van der Waals surface area contributed by atoms with Crippen LogP contribution in [0.5, 0.6) is 5.75 Å². The summed E-state index contributed by atoms with van der Waals surface area (Å²) in [5, 5.41) is 8.34. The predicted molar refractivity (Wildman–Crippen MR) is 120 cm³/mol. The molecule has 0 aliphatic carbocycles. The van der Waals surface area contributed by atoms with E-state index in [4.69, 9.17) is 9.15 Å². The number of benzene rings is 2. The van der Waals surface area contributed by atoms with Gasteiger partial charge in [-0.15, -0.1) is 10.2 Å². The molecule has 0 fully saturated rings. The Morgan fingerprint density at radius 3 is 2.10 bits per heavy atom. The van der Waals surface area contributed by atoms with Gasteiger partial charge in [0.15, 0.2) is 0 Å². The smallest absolute Gasteiger partial charge is 0.305 e. The number of nitrogens with zero attached hydrogens (tertiary/aromatic N) is 2. The van der Waals surface area contributed by atoms with E-state index in [0.717, 1.165) is 35.5 Å². The minimum atomic E-state index is -0.214. The van der Waals surface area contributed by atoms with Gasteiger partial charge in [-0.1, -0.05) is 44.7 Å². The Hall–Kier alpha value is -3.15. The number of unbranched alkanes of at least 4 members (excludes halogenated alkanes) is 4. The molecule has 0 unspecified atom stereocenters. The van der Waals surface area contributed by atoms with Crippen LogP contribution in [-0.4, -0.2) is 29.9 Å². The summed E-state index contributed by atoms with van der Waals surface area (Å²) < 4.78 is 16.3. The van der Waals surface area contributed by atoms with Gasteiger partial charge in [-0.05, 0) is 54.8 Å². The standard InChI is InChI=1S/C25H30N2O4/c1-3-4-5-6-7-18-30-22-15-13-21(14-16-22)25-27-26-24(31-25)20-11-8-19(9-12-20)10-17-23(28)29-2/h8-9,11-16H,3-7,10,17-18H2,1-2H3. The molecule has 0 atom stereocenters. The van der Waals surface area contributed by atoms with E-state index in [0.29, 0.717) is 24.6 Å². The van der Waals surface area contributed by atoms with Crippen LogP contribution in [0.2, 0.25) is 0 Å². The molecule has 1 aromatic heterocycles. The maximum atomic E-state index is 11.3. The summed E-state index contributed by atoms with van der Waals surface area (Å²) in [6.07, 6.45) is 7.10. The highest BCUT2D eigenvalue weighted by Gasteiger charge is 2.11. The minimum Gasteiger partial charge on any atom is -0.494 e. The van der Waals surface area contributed by atoms with Gasteiger partial charge in [0.05, 0.1) is 13.7 Å². The number of methoxy groups -OCH3 is 1. The van der Waals surface area contributed by atoms with Crippen LogP contribution >= 0.6 is 0 Å². The lowest BCUT2D eigenvalue weighted by Crippen LogP contribution is -2.01. The maximum absolute atomic E-state index is 11.3. The van der Waals surface area contributed by atoms with Crippen LogP contribution in [0.3, 0.4) is 0 Å². The lowest BCUT2D eigenvalue weighted by molar-refractivity contribution is -0.140. The zero-order chi connectivity index (χ0) is 21.9. The molecule has 0 amide bonds. The number of aromatic nitrogens is 2. The molecule has 0 N–H and O–H groups in total. The fourth-order valence-electron chi connectivity index (χ4n) is 3.21. The van der Waals surface area contributed by atoms with E-state index in [-0.39, 0.29) is 5.97 Å². The van der Waals surface area contributed by atoms with E-state index in [9.17, 15) is 4.79 Å². The van der Waals surface area contributed by atoms with Crippen LogP contribution in [-0.2, 0) is 16.0 Å². The van der Waals surface area contributed by atoms with Crippen molar-refractivity contribution in [3.05, 3.63) is 54.1 Å². The first-order valence-corrected chi connectivity index (χ1v) is 10.9. The first-order chi connectivity index (χ1) is 15.2. The predicted octanol–water partition coefficient (Wildman–Crippen LogP) is 5.86. The number of rotatable bonds is 12. The maximum Gasteiger partial charge on any atom is 0.305 e. The Morgan fingerprint density at radius 1 is 0.871 bits per heavy atom. The average Bonchev–Trinajstić information content (AvgIpc) is 3.31. The highest BCUT2D eigenvalue weighted by molar-refractivity contribution is 5.69. The molecule has 6 nitrogen and oxygen atoms in total. The Bertz CT molecular complexity index is 933. The monoisotopic (exact) mass is 422 g/mol. The summed E-state index contributed by atoms with van der Waals surface area (Å²) in [6.45, 7) is 2.96. The second kappa shape index (κ2) is 11.9. The number of carbonyl (C=O) groups excluding carboxylic acids is 1. The van der Waals surface area contributed by atoms with Gasteiger partial charge >= 0.3 is 5.97 Å². The summed E-state index contributed by atoms with van der Waals surface area (Å²) >= 11 is 0. The molecular formula is C25H30N2O4. The third kappa shape index (κ3) is 6.95. The second-order valence-electron chi connectivity index (χ2n) is 7.47. The highest BCUT2D eigenvalue weighted by atomic mass is 16.5. The summed E-state index contributed by atoms with van der Waals surface area (Å²) in [5.74, 6) is 1.56. The molecule has 0 aliphatic rings. The lowest BCUT2D eigenvalue weighted by Gasteiger charge is -2.06. The number of aryl methyl sites for hydroxylation is 1. The van der Waals surface area contributed by atoms with Crippen molar-refractivity contribution in [1.82, 2.24) is 10.2 Å². The van der Waals surface area contributed by atoms with Crippen LogP contribution in [0, 0.1) is 0 Å². The van der Waals surface area contributed by atoms with Crippen LogP contribution in [0.4, 0.5) is 0 Å². The van der Waals surface area contributed by atoms with Crippen molar-refractivity contribution in [1.29, 1.82) is 0 Å². The third-order valence-electron chi connectivity index (χ3n) is 5.09. The zero-order valence-electron chi connectivity index (χ0n) is 18.3. The SMILES string of the molecule is CCCCCCCOc1ccc(-c2nnc(-c3ccc(CCC(=O)OC)cc3)o2)cc1. The van der Waals surface area contributed by atoms with Crippen LogP contribution in [0.15, 0.2) is 52.9 Å². The van der Waals surface area contributed by atoms with E-state index in [1.54, 1.807) is 0 Å². The van der Waals surface area contributed by atoms with E-state index in [1.807, 2.05) is 48.5 Å². The molecule has 0 aliphatic heterocycles. The molecule has 164 valence electrons. The van der Waals surface area contributed by atoms with Crippen molar-refractivity contribution in [2.75, 3.05) is 13.7 Å². The van der Waals surface area contributed by atoms with Crippen LogP contribution < -0.4 is 4.74 Å². The lowest BCUT2D eigenvalue weighted by atomic mass is 10.1. The third-order valence-corrected chi connectivity index (χ3v) is 5.09. The van der Waals surface area contributed by atoms with Gasteiger partial charge in [0.25, 0.3) is 0 Å². The fourth-order valence-corrected chi connectivity index (χ4v) is 3.21. The Balaban J connectivity index is 1.53. The minimum absolute atomic E-state index is 0.214. The number of hydrogen-bond acceptors (Lipinski definition) is 6. The van der Waals surface area contributed by atoms with Gasteiger partial charge in [0, 0.05) is 17.5 Å². The van der Waals surface area contributed by atoms with Gasteiger partial charge in [0.1, 0.15) is 5.75 Å². The fraction of sp³-hybridized carbons (Fsp3) is 0.400. The van der Waals surface area contributed by atoms with E-state index < -0.39 is 0 Å². The molecule has 0 radical (unpaired) electrons. The highest BCUT2D eigenvalue weighted by Crippen LogP contribution is 2.26. The number of carbonyl (C=O) groups is 1. The second-order valence-corrected chi connectivity index (χ2v) is 7.47. The van der Waals surface area contributed by atoms with Crippen molar-refractivity contribution in [3.63, 3.8) is 0 Å². The van der Waals surface area contributed by atoms with E-state index in [1.165, 1.54) is 32.8 Å². The van der Waals surface area contributed by atoms with Crippen molar-refractivity contribution in [3.8, 4) is 28.7 Å². The van der Waals surface area contributed by atoms with Crippen LogP contribution in [0.1, 0.15) is 51.0 Å². The largest absolute Gasteiger partial charge is 0.494 e. The first kappa shape index (κ1) is 22.5. The van der Waals surface area contributed by atoms with Crippen molar-refractivity contribution in [2.24, 2.45) is 0 Å². The van der Waals surface area contributed by atoms with Gasteiger partial charge < -0.3 is 13.9 Å². The summed E-state index contributed by atoms with van der Waals surface area (Å²) in [5.41, 5.74) is 2.74. The van der Waals surface area contributed by atoms with Crippen molar-refractivity contribution in [2.45, 2.75) is 51.9 Å². The Morgan fingerprint density at radius 2 is 1.48 bits per heavy atom.